The number of carbonyl (C=O) groups is 2. The number of primary amides is 1. The first kappa shape index (κ1) is 24.5. The van der Waals surface area contributed by atoms with Crippen molar-refractivity contribution >= 4 is 17.8 Å². The number of nitrogens with two attached hydrogens (primary N) is 1. The Morgan fingerprint density at radius 3 is 2.29 bits per heavy atom. The van der Waals surface area contributed by atoms with Crippen molar-refractivity contribution in [2.24, 2.45) is 5.73 Å². The SMILES string of the molecule is CC(C)(C)N(C(=O)O)[C@H]1CC[C@H](Nc2nc(OCC(F)(F)F)c(C(N)=O)cc2F)CC1. The van der Waals surface area contributed by atoms with Gasteiger partial charge in [0.25, 0.3) is 5.91 Å². The molecule has 0 aliphatic heterocycles. The van der Waals surface area contributed by atoms with Crippen LogP contribution in [0.3, 0.4) is 0 Å². The van der Waals surface area contributed by atoms with Gasteiger partial charge in [-0.25, -0.2) is 9.18 Å². The van der Waals surface area contributed by atoms with Crippen LogP contribution in [0.25, 0.3) is 0 Å². The van der Waals surface area contributed by atoms with Crippen LogP contribution in [0.1, 0.15) is 56.8 Å². The molecule has 8 nitrogen and oxygen atoms in total. The van der Waals surface area contributed by atoms with Gasteiger partial charge in [0.2, 0.25) is 5.88 Å². The first-order valence-electron chi connectivity index (χ1n) is 9.67. The molecule has 1 saturated carbocycles. The molecule has 0 saturated heterocycles. The van der Waals surface area contributed by atoms with Gasteiger partial charge in [0.1, 0.15) is 5.56 Å². The molecule has 1 aliphatic carbocycles. The Labute approximate surface area is 176 Å². The molecule has 2 rings (SSSR count). The summed E-state index contributed by atoms with van der Waals surface area (Å²) in [6.45, 7) is 3.68. The zero-order valence-corrected chi connectivity index (χ0v) is 17.4. The number of pyridine rings is 1. The average molecular weight is 450 g/mol. The molecule has 0 spiro atoms. The van der Waals surface area contributed by atoms with Gasteiger partial charge in [-0.1, -0.05) is 0 Å². The van der Waals surface area contributed by atoms with E-state index in [-0.39, 0.29) is 17.9 Å². The number of hydrogen-bond donors (Lipinski definition) is 3. The predicted molar refractivity (Wildman–Crippen MR) is 104 cm³/mol. The van der Waals surface area contributed by atoms with E-state index in [4.69, 9.17) is 5.73 Å². The van der Waals surface area contributed by atoms with Gasteiger partial charge in [0, 0.05) is 17.6 Å². The highest BCUT2D eigenvalue weighted by Gasteiger charge is 2.36. The molecule has 4 N–H and O–H groups in total. The number of halogens is 4. The van der Waals surface area contributed by atoms with Crippen molar-refractivity contribution in [2.75, 3.05) is 11.9 Å². The molecule has 12 heteroatoms. The van der Waals surface area contributed by atoms with Gasteiger partial charge in [-0.2, -0.15) is 18.2 Å². The van der Waals surface area contributed by atoms with Gasteiger partial charge in [-0.3, -0.25) is 4.79 Å². The zero-order valence-electron chi connectivity index (χ0n) is 17.4. The summed E-state index contributed by atoms with van der Waals surface area (Å²) in [7, 11) is 0. The van der Waals surface area contributed by atoms with Crippen molar-refractivity contribution in [1.82, 2.24) is 9.88 Å². The maximum absolute atomic E-state index is 14.4. The Morgan fingerprint density at radius 2 is 1.84 bits per heavy atom. The number of amides is 2. The van der Waals surface area contributed by atoms with Crippen molar-refractivity contribution in [3.05, 3.63) is 17.4 Å². The molecule has 0 bridgehead atoms. The summed E-state index contributed by atoms with van der Waals surface area (Å²) < 4.78 is 56.3. The molecular weight excluding hydrogens is 424 g/mol. The van der Waals surface area contributed by atoms with Gasteiger partial charge in [-0.15, -0.1) is 0 Å². The molecule has 174 valence electrons. The lowest BCUT2D eigenvalue weighted by molar-refractivity contribution is -0.154. The number of alkyl halides is 3. The molecule has 0 aromatic carbocycles. The van der Waals surface area contributed by atoms with E-state index >= 15 is 0 Å². The number of nitrogens with one attached hydrogen (secondary N) is 1. The number of nitrogens with zero attached hydrogens (tertiary/aromatic N) is 2. The van der Waals surface area contributed by atoms with Gasteiger partial charge in [-0.05, 0) is 52.5 Å². The van der Waals surface area contributed by atoms with Crippen LogP contribution in [-0.2, 0) is 0 Å². The number of hydrogen-bond acceptors (Lipinski definition) is 5. The second-order valence-electron chi connectivity index (χ2n) is 8.41. The Morgan fingerprint density at radius 1 is 1.26 bits per heavy atom. The zero-order chi connectivity index (χ0) is 23.6. The van der Waals surface area contributed by atoms with Crippen LogP contribution >= 0.6 is 0 Å². The van der Waals surface area contributed by atoms with Crippen LogP contribution in [0, 0.1) is 5.82 Å². The Hall–Kier alpha value is -2.79. The van der Waals surface area contributed by atoms with Crippen LogP contribution < -0.4 is 15.8 Å². The van der Waals surface area contributed by atoms with Crippen molar-refractivity contribution in [2.45, 2.75) is 70.3 Å². The van der Waals surface area contributed by atoms with Gasteiger partial charge >= 0.3 is 12.3 Å². The molecule has 0 radical (unpaired) electrons. The first-order valence-corrected chi connectivity index (χ1v) is 9.67. The fourth-order valence-electron chi connectivity index (χ4n) is 3.67. The molecular formula is C19H26F4N4O4. The highest BCUT2D eigenvalue weighted by Crippen LogP contribution is 2.31. The third kappa shape index (κ3) is 6.59. The van der Waals surface area contributed by atoms with Crippen molar-refractivity contribution in [1.29, 1.82) is 0 Å². The maximum Gasteiger partial charge on any atom is 0.422 e. The van der Waals surface area contributed by atoms with Crippen LogP contribution in [-0.4, -0.2) is 57.4 Å². The minimum Gasteiger partial charge on any atom is -0.467 e. The van der Waals surface area contributed by atoms with Crippen LogP contribution in [0.15, 0.2) is 6.07 Å². The van der Waals surface area contributed by atoms with E-state index in [1.807, 2.05) is 0 Å². The summed E-state index contributed by atoms with van der Waals surface area (Å²) in [5.41, 5.74) is 3.90. The Kier molecular flexibility index (Phi) is 7.22. The monoisotopic (exact) mass is 450 g/mol. The number of aromatic nitrogens is 1. The molecule has 31 heavy (non-hydrogen) atoms. The number of ether oxygens (including phenoxy) is 1. The van der Waals surface area contributed by atoms with Crippen LogP contribution in [0.2, 0.25) is 0 Å². The second-order valence-corrected chi connectivity index (χ2v) is 8.41. The van der Waals surface area contributed by atoms with E-state index in [1.54, 1.807) is 20.8 Å². The summed E-state index contributed by atoms with van der Waals surface area (Å²) >= 11 is 0. The molecule has 0 unspecified atom stereocenters. The van der Waals surface area contributed by atoms with Gasteiger partial charge < -0.3 is 25.8 Å². The molecule has 1 aromatic heterocycles. The van der Waals surface area contributed by atoms with Crippen LogP contribution in [0.5, 0.6) is 5.88 Å². The fourth-order valence-corrected chi connectivity index (χ4v) is 3.67. The first-order chi connectivity index (χ1) is 14.2. The second kappa shape index (κ2) is 9.15. The minimum absolute atomic E-state index is 0.212. The largest absolute Gasteiger partial charge is 0.467 e. The summed E-state index contributed by atoms with van der Waals surface area (Å²) in [5, 5.41) is 12.3. The Bertz CT molecular complexity index is 818. The van der Waals surface area contributed by atoms with E-state index in [0.717, 1.165) is 0 Å². The number of rotatable bonds is 6. The molecule has 1 aromatic rings. The third-order valence-electron chi connectivity index (χ3n) is 4.91. The van der Waals surface area contributed by atoms with Gasteiger partial charge in [0.15, 0.2) is 18.2 Å². The number of carboxylic acid groups (broad SMARTS) is 1. The smallest absolute Gasteiger partial charge is 0.422 e. The molecule has 1 heterocycles. The standard InChI is InChI=1S/C19H26F4N4O4/c1-18(2,3)27(17(29)30)11-6-4-10(5-7-11)25-15-13(20)8-12(14(24)28)16(26-15)31-9-19(21,22)23/h8,10-11H,4-7,9H2,1-3H3,(H2,24,28)(H,25,26)(H,29,30)/t10-,11-. The average Bonchev–Trinajstić information content (AvgIpc) is 2.61. The number of anilines is 1. The summed E-state index contributed by atoms with van der Waals surface area (Å²) in [4.78, 5) is 28.1. The van der Waals surface area contributed by atoms with E-state index < -0.39 is 47.6 Å². The molecule has 1 fully saturated rings. The molecule has 2 amide bonds. The lowest BCUT2D eigenvalue weighted by Crippen LogP contribution is -2.52. The van der Waals surface area contributed by atoms with Crippen LogP contribution in [0.4, 0.5) is 28.2 Å². The minimum atomic E-state index is -4.68. The molecule has 1 aliphatic rings. The normalized spacial score (nSPS) is 19.6. The summed E-state index contributed by atoms with van der Waals surface area (Å²) in [5.74, 6) is -3.22. The quantitative estimate of drug-likeness (QED) is 0.568. The maximum atomic E-state index is 14.4. The lowest BCUT2D eigenvalue weighted by atomic mass is 9.88. The predicted octanol–water partition coefficient (Wildman–Crippen LogP) is 3.76. The highest BCUT2D eigenvalue weighted by molar-refractivity contribution is 5.95. The fraction of sp³-hybridized carbons (Fsp3) is 0.632. The van der Waals surface area contributed by atoms with Gasteiger partial charge in [0.05, 0.1) is 0 Å². The van der Waals surface area contributed by atoms with E-state index in [9.17, 15) is 32.3 Å². The van der Waals surface area contributed by atoms with Crippen molar-refractivity contribution < 1.29 is 37.0 Å². The molecule has 0 atom stereocenters. The summed E-state index contributed by atoms with van der Waals surface area (Å²) in [6.07, 6.45) is -3.70. The topological polar surface area (TPSA) is 118 Å². The van der Waals surface area contributed by atoms with Crippen molar-refractivity contribution in [3.8, 4) is 5.88 Å². The summed E-state index contributed by atoms with van der Waals surface area (Å²) in [6, 6.07) is 0.181. The Balaban J connectivity index is 2.13. The van der Waals surface area contributed by atoms with E-state index in [0.29, 0.717) is 31.7 Å². The van der Waals surface area contributed by atoms with Crippen molar-refractivity contribution in [3.63, 3.8) is 0 Å². The number of carbonyl (C=O) groups excluding carboxylic acids is 1. The van der Waals surface area contributed by atoms with E-state index in [2.05, 4.69) is 15.0 Å². The van der Waals surface area contributed by atoms with E-state index in [1.165, 1.54) is 4.90 Å². The third-order valence-corrected chi connectivity index (χ3v) is 4.91. The highest BCUT2D eigenvalue weighted by atomic mass is 19.4. The lowest BCUT2D eigenvalue weighted by Gasteiger charge is -2.42.